The number of aryl methyl sites for hydroxylation is 1. The third kappa shape index (κ3) is 4.70. The molecule has 0 spiro atoms. The van der Waals surface area contributed by atoms with Crippen molar-refractivity contribution in [3.05, 3.63) is 129 Å². The Hall–Kier alpha value is -3.60. The first kappa shape index (κ1) is 26.0. The Morgan fingerprint density at radius 3 is 1.87 bits per heavy atom. The lowest BCUT2D eigenvalue weighted by Crippen LogP contribution is -2.45. The van der Waals surface area contributed by atoms with E-state index in [1.165, 1.54) is 5.56 Å². The number of benzene rings is 3. The number of carbonyl (C=O) groups excluding carboxylic acids is 4. The number of allylic oxidation sites excluding steroid dienone is 4. The molecule has 0 radical (unpaired) electrons. The summed E-state index contributed by atoms with van der Waals surface area (Å²) in [5, 5.41) is 1.01. The van der Waals surface area contributed by atoms with Gasteiger partial charge in [0.1, 0.15) is 5.41 Å². The van der Waals surface area contributed by atoms with Crippen LogP contribution in [0.4, 0.5) is 0 Å². The highest BCUT2D eigenvalue weighted by Gasteiger charge is 2.55. The van der Waals surface area contributed by atoms with Crippen molar-refractivity contribution in [2.75, 3.05) is 0 Å². The monoisotopic (exact) mass is 542 g/mol. The molecule has 1 saturated carbocycles. The van der Waals surface area contributed by atoms with Gasteiger partial charge in [-0.2, -0.15) is 0 Å². The molecule has 0 N–H and O–H groups in total. The molecule has 4 nitrogen and oxygen atoms in total. The van der Waals surface area contributed by atoms with Crippen molar-refractivity contribution in [3.63, 3.8) is 0 Å². The van der Waals surface area contributed by atoms with E-state index in [1.807, 2.05) is 24.3 Å². The maximum Gasteiger partial charge on any atom is 0.181 e. The smallest absolute Gasteiger partial charge is 0.181 e. The second-order valence-corrected chi connectivity index (χ2v) is 10.5. The average Bonchev–Trinajstić information content (AvgIpc) is 3.52. The first-order chi connectivity index (χ1) is 18.3. The van der Waals surface area contributed by atoms with Crippen LogP contribution in [-0.4, -0.2) is 23.1 Å². The minimum absolute atomic E-state index is 0.00784. The van der Waals surface area contributed by atoms with Crippen molar-refractivity contribution in [2.24, 2.45) is 11.3 Å². The van der Waals surface area contributed by atoms with Crippen molar-refractivity contribution in [2.45, 2.75) is 25.7 Å². The largest absolute Gasteiger partial charge is 0.295 e. The minimum atomic E-state index is -1.46. The van der Waals surface area contributed by atoms with Crippen LogP contribution >= 0.6 is 23.2 Å². The fourth-order valence-electron chi connectivity index (χ4n) is 5.52. The first-order valence-corrected chi connectivity index (χ1v) is 13.2. The Kier molecular flexibility index (Phi) is 7.29. The molecule has 0 saturated heterocycles. The van der Waals surface area contributed by atoms with Crippen LogP contribution in [0.3, 0.4) is 0 Å². The summed E-state index contributed by atoms with van der Waals surface area (Å²) < 4.78 is 0. The SMILES string of the molecule is O=C1CCC2C1=CC=CC2(C(=O)c1ccc(Cl)cc1)C(=O)c1ccc(Cl)cc1.O=C1CCc2ccccc21. The Morgan fingerprint density at radius 2 is 1.29 bits per heavy atom. The van der Waals surface area contributed by atoms with E-state index in [1.54, 1.807) is 66.8 Å². The molecule has 0 bridgehead atoms. The lowest BCUT2D eigenvalue weighted by molar-refractivity contribution is -0.114. The van der Waals surface area contributed by atoms with Gasteiger partial charge in [0.2, 0.25) is 0 Å². The summed E-state index contributed by atoms with van der Waals surface area (Å²) in [6.07, 6.45) is 7.47. The van der Waals surface area contributed by atoms with Crippen molar-refractivity contribution in [1.29, 1.82) is 0 Å². The van der Waals surface area contributed by atoms with Gasteiger partial charge < -0.3 is 0 Å². The van der Waals surface area contributed by atoms with Gasteiger partial charge in [-0.05, 0) is 72.5 Å². The van der Waals surface area contributed by atoms with Gasteiger partial charge in [0.15, 0.2) is 23.1 Å². The third-order valence-electron chi connectivity index (χ3n) is 7.45. The van der Waals surface area contributed by atoms with E-state index in [0.29, 0.717) is 51.8 Å². The highest BCUT2D eigenvalue weighted by molar-refractivity contribution is 6.31. The summed E-state index contributed by atoms with van der Waals surface area (Å²) in [4.78, 5) is 50.8. The number of fused-ring (bicyclic) bond motifs is 2. The highest BCUT2D eigenvalue weighted by Crippen LogP contribution is 2.49. The van der Waals surface area contributed by atoms with E-state index in [0.717, 1.165) is 12.0 Å². The minimum Gasteiger partial charge on any atom is -0.295 e. The molecular formula is C32H24Cl2O4. The number of Topliss-reactive ketones (excluding diaryl/α,β-unsaturated/α-hetero) is 4. The second-order valence-electron chi connectivity index (χ2n) is 9.62. The van der Waals surface area contributed by atoms with Crippen LogP contribution in [0.1, 0.15) is 55.9 Å². The first-order valence-electron chi connectivity index (χ1n) is 12.5. The van der Waals surface area contributed by atoms with E-state index >= 15 is 0 Å². The molecule has 3 aliphatic rings. The molecule has 1 unspecified atom stereocenters. The Morgan fingerprint density at radius 1 is 0.711 bits per heavy atom. The van der Waals surface area contributed by atoms with E-state index in [9.17, 15) is 19.2 Å². The zero-order chi connectivity index (χ0) is 26.9. The second kappa shape index (κ2) is 10.6. The van der Waals surface area contributed by atoms with Crippen molar-refractivity contribution in [3.8, 4) is 0 Å². The van der Waals surface area contributed by atoms with Crippen molar-refractivity contribution in [1.82, 2.24) is 0 Å². The fraction of sp³-hybridized carbons (Fsp3) is 0.188. The summed E-state index contributed by atoms with van der Waals surface area (Å²) in [5.41, 5.74) is 2.01. The Labute approximate surface area is 231 Å². The fourth-order valence-corrected chi connectivity index (χ4v) is 5.77. The Bertz CT molecular complexity index is 1440. The molecule has 0 heterocycles. The predicted molar refractivity (Wildman–Crippen MR) is 148 cm³/mol. The van der Waals surface area contributed by atoms with Crippen LogP contribution in [0.2, 0.25) is 10.0 Å². The molecule has 0 aromatic heterocycles. The summed E-state index contributed by atoms with van der Waals surface area (Å²) in [7, 11) is 0. The molecule has 6 heteroatoms. The average molecular weight is 543 g/mol. The normalized spacial score (nSPS) is 18.7. The van der Waals surface area contributed by atoms with E-state index < -0.39 is 11.3 Å². The van der Waals surface area contributed by atoms with E-state index in [4.69, 9.17) is 23.2 Å². The van der Waals surface area contributed by atoms with Crippen LogP contribution in [0.15, 0.2) is 96.6 Å². The topological polar surface area (TPSA) is 68.3 Å². The molecular weight excluding hydrogens is 519 g/mol. The third-order valence-corrected chi connectivity index (χ3v) is 7.95. The Balaban J connectivity index is 0.000000244. The lowest BCUT2D eigenvalue weighted by Gasteiger charge is -2.36. The lowest BCUT2D eigenvalue weighted by atomic mass is 9.62. The van der Waals surface area contributed by atoms with Gasteiger partial charge in [0.05, 0.1) is 0 Å². The molecule has 0 amide bonds. The van der Waals surface area contributed by atoms with E-state index in [2.05, 4.69) is 0 Å². The molecule has 1 fully saturated rings. The van der Waals surface area contributed by atoms with Gasteiger partial charge in [-0.3, -0.25) is 19.2 Å². The summed E-state index contributed by atoms with van der Waals surface area (Å²) in [6, 6.07) is 20.8. The number of carbonyl (C=O) groups is 4. The number of ketones is 4. The van der Waals surface area contributed by atoms with Crippen LogP contribution in [0, 0.1) is 11.3 Å². The molecule has 0 aliphatic heterocycles. The molecule has 1 atom stereocenters. The van der Waals surface area contributed by atoms with Crippen LogP contribution in [0.5, 0.6) is 0 Å². The summed E-state index contributed by atoms with van der Waals surface area (Å²) in [6.45, 7) is 0. The maximum absolute atomic E-state index is 13.7. The van der Waals surface area contributed by atoms with Gasteiger partial charge in [0.25, 0.3) is 0 Å². The van der Waals surface area contributed by atoms with Crippen LogP contribution in [0.25, 0.3) is 0 Å². The summed E-state index contributed by atoms with van der Waals surface area (Å²) >= 11 is 11.9. The summed E-state index contributed by atoms with van der Waals surface area (Å²) in [5.74, 6) is -0.838. The molecule has 190 valence electrons. The maximum atomic E-state index is 13.7. The standard InChI is InChI=1S/C23H16Cl2O3.C9H8O/c24-16-7-3-14(4-8-16)21(27)23(22(28)15-5-9-17(25)10-6-15)13-1-2-18-19(23)11-12-20(18)26;10-9-6-5-7-3-1-2-4-8(7)9/h1-10,13,19H,11-12H2;1-4H,5-6H2. The van der Waals surface area contributed by atoms with Crippen LogP contribution in [-0.2, 0) is 11.2 Å². The molecule has 3 aliphatic carbocycles. The predicted octanol–water partition coefficient (Wildman–Crippen LogP) is 7.34. The molecule has 3 aromatic rings. The van der Waals surface area contributed by atoms with Gasteiger partial charge in [-0.15, -0.1) is 0 Å². The van der Waals surface area contributed by atoms with Gasteiger partial charge in [-0.1, -0.05) is 65.7 Å². The zero-order valence-electron chi connectivity index (χ0n) is 20.5. The highest BCUT2D eigenvalue weighted by atomic mass is 35.5. The number of halogens is 2. The number of hydrogen-bond donors (Lipinski definition) is 0. The van der Waals surface area contributed by atoms with Gasteiger partial charge in [-0.25, -0.2) is 0 Å². The molecule has 38 heavy (non-hydrogen) atoms. The van der Waals surface area contributed by atoms with Crippen molar-refractivity contribution < 1.29 is 19.2 Å². The molecule has 3 aromatic carbocycles. The molecule has 6 rings (SSSR count). The number of rotatable bonds is 4. The zero-order valence-corrected chi connectivity index (χ0v) is 22.0. The quantitative estimate of drug-likeness (QED) is 0.255. The van der Waals surface area contributed by atoms with E-state index in [-0.39, 0.29) is 17.3 Å². The van der Waals surface area contributed by atoms with Crippen LogP contribution < -0.4 is 0 Å². The van der Waals surface area contributed by atoms with Gasteiger partial charge in [0, 0.05) is 45.5 Å². The van der Waals surface area contributed by atoms with Crippen molar-refractivity contribution >= 4 is 46.3 Å². The number of hydrogen-bond acceptors (Lipinski definition) is 4. The van der Waals surface area contributed by atoms with Gasteiger partial charge >= 0.3 is 0 Å².